The van der Waals surface area contributed by atoms with Gasteiger partial charge in [0, 0.05) is 50.3 Å². The molecule has 1 aliphatic heterocycles. The number of phenols is 1. The van der Waals surface area contributed by atoms with E-state index in [1.54, 1.807) is 24.3 Å². The molecule has 1 aromatic heterocycles. The van der Waals surface area contributed by atoms with Gasteiger partial charge in [0.25, 0.3) is 21.7 Å². The Bertz CT molecular complexity index is 2830. The fourth-order valence-electron chi connectivity index (χ4n) is 8.07. The summed E-state index contributed by atoms with van der Waals surface area (Å²) in [5.74, 6) is -6.14. The molecule has 25 nitrogen and oxygen atoms in total. The number of hydrogen-bond donors (Lipinski definition) is 11. The molecule has 14 N–H and O–H groups in total. The molecule has 1 fully saturated rings. The molecule has 394 valence electrons. The van der Waals surface area contributed by atoms with Gasteiger partial charge in [-0.05, 0) is 92.3 Å². The molecule has 2 heterocycles. The van der Waals surface area contributed by atoms with E-state index >= 15 is 0 Å². The minimum atomic E-state index is -4.56. The van der Waals surface area contributed by atoms with Crippen molar-refractivity contribution in [3.05, 3.63) is 93.9 Å². The number of rotatable bonds is 19. The number of nitrogens with two attached hydrogens (primary N) is 3. The second-order valence-electron chi connectivity index (χ2n) is 17.6. The third kappa shape index (κ3) is 14.5. The zero-order valence-electron chi connectivity index (χ0n) is 39.9. The first-order valence-corrected chi connectivity index (χ1v) is 24.8. The van der Waals surface area contributed by atoms with E-state index in [2.05, 4.69) is 21.0 Å². The van der Waals surface area contributed by atoms with E-state index < -0.39 is 101 Å². The Hall–Kier alpha value is -7.20. The van der Waals surface area contributed by atoms with E-state index in [4.69, 9.17) is 30.8 Å². The van der Waals surface area contributed by atoms with Crippen LogP contribution in [0, 0.1) is 0 Å². The third-order valence-electron chi connectivity index (χ3n) is 12.0. The monoisotopic (exact) mass is 1040 g/mol. The molecule has 6 atom stereocenters. The molecule has 0 saturated heterocycles. The van der Waals surface area contributed by atoms with E-state index in [1.807, 2.05) is 4.72 Å². The summed E-state index contributed by atoms with van der Waals surface area (Å²) in [6, 6.07) is 7.43. The normalized spacial score (nSPS) is 18.7. The molecule has 6 rings (SSSR count). The number of carboxylic acid groups (broad SMARTS) is 1. The average Bonchev–Trinajstić information content (AvgIpc) is 3.36. The van der Waals surface area contributed by atoms with Gasteiger partial charge in [-0.25, -0.2) is 9.93 Å². The minimum Gasteiger partial charge on any atom is -0.504 e. The number of aliphatic carboxylic acids is 1. The lowest BCUT2D eigenvalue weighted by Gasteiger charge is -2.32. The summed E-state index contributed by atoms with van der Waals surface area (Å²) in [5, 5.41) is 59.3. The van der Waals surface area contributed by atoms with Gasteiger partial charge in [-0.2, -0.15) is 22.9 Å². The number of ether oxygens (including phenoxy) is 3. The highest BCUT2D eigenvalue weighted by atomic mass is 32.2. The highest BCUT2D eigenvalue weighted by Gasteiger charge is 2.37. The van der Waals surface area contributed by atoms with Crippen LogP contribution in [-0.2, 0) is 35.8 Å². The molecule has 1 saturated carbocycles. The lowest BCUT2D eigenvalue weighted by Crippen LogP contribution is -2.57. The number of aliphatic hydroxyl groups is 2. The highest BCUT2D eigenvalue weighted by Crippen LogP contribution is 2.45. The maximum Gasteiger partial charge on any atom is 0.326 e. The molecule has 2 aliphatic rings. The van der Waals surface area contributed by atoms with Crippen LogP contribution in [-0.4, -0.2) is 149 Å². The van der Waals surface area contributed by atoms with Crippen molar-refractivity contribution in [1.82, 2.24) is 35.4 Å². The first-order chi connectivity index (χ1) is 34.7. The molecule has 2 unspecified atom stereocenters. The number of likely N-dealkylation sites (N-methyl/N-ethyl adjacent to an activating group) is 1. The van der Waals surface area contributed by atoms with Gasteiger partial charge in [-0.15, -0.1) is 0 Å². The lowest BCUT2D eigenvalue weighted by molar-refractivity contribution is -0.143. The van der Waals surface area contributed by atoms with Crippen molar-refractivity contribution in [3.8, 4) is 39.8 Å². The Morgan fingerprint density at radius 1 is 0.890 bits per heavy atom. The van der Waals surface area contributed by atoms with Gasteiger partial charge in [0.15, 0.2) is 11.5 Å². The van der Waals surface area contributed by atoms with Crippen molar-refractivity contribution < 1.29 is 67.0 Å². The van der Waals surface area contributed by atoms with Crippen LogP contribution in [0.5, 0.6) is 23.0 Å². The Morgan fingerprint density at radius 3 is 2.16 bits per heavy atom. The summed E-state index contributed by atoms with van der Waals surface area (Å²) in [4.78, 5) is 83.5. The van der Waals surface area contributed by atoms with E-state index in [1.165, 1.54) is 31.2 Å². The summed E-state index contributed by atoms with van der Waals surface area (Å²) >= 11 is 0. The number of carboxylic acids is 1. The van der Waals surface area contributed by atoms with Crippen molar-refractivity contribution >= 4 is 39.8 Å². The number of carbonyl (C=O) groups is 5. The molecule has 4 aromatic rings. The molecule has 3 aromatic carbocycles. The van der Waals surface area contributed by atoms with Crippen LogP contribution >= 0.6 is 0 Å². The Morgan fingerprint density at radius 2 is 1.55 bits per heavy atom. The zero-order chi connectivity index (χ0) is 53.1. The Balaban J connectivity index is 1.41. The van der Waals surface area contributed by atoms with Gasteiger partial charge in [-0.1, -0.05) is 12.5 Å². The molecule has 0 radical (unpaired) electrons. The number of benzene rings is 3. The second-order valence-corrected chi connectivity index (χ2v) is 19.0. The fourth-order valence-corrected chi connectivity index (χ4v) is 8.47. The van der Waals surface area contributed by atoms with Gasteiger partial charge in [0.2, 0.25) is 17.7 Å². The van der Waals surface area contributed by atoms with Crippen LogP contribution in [0.3, 0.4) is 0 Å². The smallest absolute Gasteiger partial charge is 0.326 e. The van der Waals surface area contributed by atoms with E-state index in [0.717, 1.165) is 67.1 Å². The van der Waals surface area contributed by atoms with Crippen molar-refractivity contribution in [2.24, 2.45) is 16.6 Å². The first kappa shape index (κ1) is 55.1. The summed E-state index contributed by atoms with van der Waals surface area (Å²) < 4.78 is 45.2. The van der Waals surface area contributed by atoms with Crippen molar-refractivity contribution in [1.29, 1.82) is 0 Å². The maximum atomic E-state index is 14.8. The van der Waals surface area contributed by atoms with E-state index in [9.17, 15) is 57.6 Å². The first-order valence-electron chi connectivity index (χ1n) is 23.2. The molecule has 1 aliphatic carbocycles. The van der Waals surface area contributed by atoms with Crippen molar-refractivity contribution in [3.63, 3.8) is 0 Å². The summed E-state index contributed by atoms with van der Waals surface area (Å²) in [7, 11) is -3.46. The number of aliphatic hydroxyl groups excluding tert-OH is 2. The molecule has 26 heteroatoms. The number of aromatic nitrogens is 2. The lowest BCUT2D eigenvalue weighted by atomic mass is 9.93. The average molecular weight is 1040 g/mol. The molecule has 4 amide bonds. The molecular weight excluding hydrogens is 977 g/mol. The Labute approximate surface area is 419 Å². The van der Waals surface area contributed by atoms with Gasteiger partial charge in [-0.3, -0.25) is 24.0 Å². The number of carbonyl (C=O) groups excluding carboxylic acids is 4. The molecule has 0 spiro atoms. The van der Waals surface area contributed by atoms with E-state index in [0.29, 0.717) is 17.0 Å². The third-order valence-corrected chi connectivity index (χ3v) is 12.6. The van der Waals surface area contributed by atoms with Crippen LogP contribution in [0.15, 0.2) is 71.7 Å². The van der Waals surface area contributed by atoms with Crippen LogP contribution in [0.4, 0.5) is 0 Å². The summed E-state index contributed by atoms with van der Waals surface area (Å²) in [6.07, 6.45) is 3.57. The van der Waals surface area contributed by atoms with Crippen molar-refractivity contribution in [2.45, 2.75) is 87.9 Å². The van der Waals surface area contributed by atoms with Crippen LogP contribution < -0.4 is 57.0 Å². The molecular formula is C47H60N10O15S. The quantitative estimate of drug-likeness (QED) is 0.0506. The summed E-state index contributed by atoms with van der Waals surface area (Å²) in [6.45, 7) is -1.01. The maximum absolute atomic E-state index is 14.8. The number of hydrogen-bond acceptors (Lipinski definition) is 17. The molecule has 73 heavy (non-hydrogen) atoms. The largest absolute Gasteiger partial charge is 0.504 e. The van der Waals surface area contributed by atoms with E-state index in [-0.39, 0.29) is 66.0 Å². The van der Waals surface area contributed by atoms with Crippen LogP contribution in [0.2, 0.25) is 0 Å². The Kier molecular flexibility index (Phi) is 18.5. The predicted molar refractivity (Wildman–Crippen MR) is 261 cm³/mol. The van der Waals surface area contributed by atoms with Crippen molar-refractivity contribution in [2.75, 3.05) is 39.9 Å². The second kappa shape index (κ2) is 24.5. The number of phenolic OH excluding ortho intramolecular Hbond substituents is 1. The highest BCUT2D eigenvalue weighted by molar-refractivity contribution is 7.87. The van der Waals surface area contributed by atoms with Gasteiger partial charge >= 0.3 is 5.97 Å². The SMILES string of the molecule is C[C@@H]1NC(=O)C(N(C)C(=O)[C@H](CNS(N)(=O)=O)NC(=O)c2cnn(-c3ccc(OC4CCCCC4)cc3)c(=O)c2)c2cc(OC[C@H](O)CN)c(O)c(c2)-c2cc(ccc2OC[C@H](O)CN)CC(C(=O)O)NC1=O. The minimum absolute atomic E-state index is 0.00456. The number of nitrogens with one attached hydrogen (secondary N) is 4. The van der Waals surface area contributed by atoms with Gasteiger partial charge < -0.3 is 67.0 Å². The van der Waals surface area contributed by atoms with Crippen LogP contribution in [0.25, 0.3) is 16.8 Å². The number of fused-ring (bicyclic) bond motifs is 5. The standard InChI is InChI=1S/C47H60N10O15S/c1-25-43(62)54-36(47(66)67)15-26-8-13-38(70-23-30(58)19-48)34(14-26)35-16-27(17-39(42(35)61)71-24-31(59)20-49)41(45(64)53-25)56(2)46(65)37(22-52-73(50,68)69)55-44(63)28-18-40(60)57(51-21-28)29-9-11-33(12-10-29)72-32-6-4-3-5-7-32/h8-14,16-18,21,25,30-32,36-37,41,52,58-59,61H,3-7,15,19-20,22-24,48-49H2,1-2H3,(H,53,64)(H,54,62)(H,55,63)(H,66,67)(H2,50,68,69)/t25-,30+,31+,36?,37-,41?/m0/s1. The zero-order valence-corrected chi connectivity index (χ0v) is 40.7. The fraction of sp³-hybridized carbons (Fsp3) is 0.426. The summed E-state index contributed by atoms with van der Waals surface area (Å²) in [5.41, 5.74) is 10.5. The predicted octanol–water partition coefficient (Wildman–Crippen LogP) is -1.57. The van der Waals surface area contributed by atoms with Gasteiger partial charge in [0.1, 0.15) is 61.1 Å². The number of nitrogens with zero attached hydrogens (tertiary/aromatic N) is 3. The van der Waals surface area contributed by atoms with Gasteiger partial charge in [0.05, 0.1) is 23.6 Å². The molecule has 4 bridgehead atoms. The topological polar surface area (TPSA) is 392 Å². The number of amides is 4. The number of aromatic hydroxyl groups is 1. The van der Waals surface area contributed by atoms with Crippen LogP contribution in [0.1, 0.15) is 66.6 Å².